The van der Waals surface area contributed by atoms with Gasteiger partial charge in [0.05, 0.1) is 54.3 Å². The molecule has 10 heterocycles. The summed E-state index contributed by atoms with van der Waals surface area (Å²) in [7, 11) is 0. The van der Waals surface area contributed by atoms with Gasteiger partial charge in [-0.1, -0.05) is 87.1 Å². The molecule has 6 aromatic heterocycles. The molecule has 0 saturated carbocycles. The Morgan fingerprint density at radius 1 is 0.656 bits per heavy atom. The lowest BCUT2D eigenvalue weighted by molar-refractivity contribution is -0.144. The average molecular weight is 1370 g/mol. The lowest BCUT2D eigenvalue weighted by Crippen LogP contribution is -2.23. The number of carbonyl (C=O) groups is 2. The van der Waals surface area contributed by atoms with Gasteiger partial charge in [0, 0.05) is 52.8 Å². The van der Waals surface area contributed by atoms with Crippen molar-refractivity contribution in [3.8, 4) is 10.0 Å². The maximum absolute atomic E-state index is 12.4. The highest BCUT2D eigenvalue weighted by molar-refractivity contribution is 8.03. The van der Waals surface area contributed by atoms with Crippen molar-refractivity contribution < 1.29 is 29.2 Å². The van der Waals surface area contributed by atoms with Gasteiger partial charge >= 0.3 is 11.9 Å². The van der Waals surface area contributed by atoms with E-state index in [2.05, 4.69) is 92.0 Å². The molecule has 29 heteroatoms. The van der Waals surface area contributed by atoms with Crippen LogP contribution in [0.3, 0.4) is 0 Å². The number of carboxylic acids is 1. The van der Waals surface area contributed by atoms with E-state index < -0.39 is 24.0 Å². The monoisotopic (exact) mass is 1370 g/mol. The molecule has 0 saturated heterocycles. The molecule has 4 aliphatic rings. The van der Waals surface area contributed by atoms with Crippen LogP contribution in [-0.4, -0.2) is 112 Å². The molecular weight excluding hydrogens is 1310 g/mol. The van der Waals surface area contributed by atoms with E-state index in [9.17, 15) is 14.7 Å². The van der Waals surface area contributed by atoms with E-state index in [1.165, 1.54) is 20.2 Å². The van der Waals surface area contributed by atoms with Gasteiger partial charge in [0.2, 0.25) is 5.89 Å². The van der Waals surface area contributed by atoms with E-state index in [0.717, 1.165) is 89.4 Å². The highest BCUT2D eigenvalue weighted by atomic mass is 35.5. The molecule has 5 N–H and O–H groups in total. The number of hydrogen-bond acceptors (Lipinski definition) is 21. The van der Waals surface area contributed by atoms with Gasteiger partial charge in [0.1, 0.15) is 51.4 Å². The van der Waals surface area contributed by atoms with Crippen LogP contribution in [0.15, 0.2) is 108 Å². The number of amidine groups is 1. The number of nitrogens with two attached hydrogens (primary N) is 1. The predicted molar refractivity (Wildman–Crippen MR) is 364 cm³/mol. The van der Waals surface area contributed by atoms with Gasteiger partial charge in [0.15, 0.2) is 23.3 Å². The Bertz CT molecular complexity index is 4500. The zero-order chi connectivity index (χ0) is 66.9. The Morgan fingerprint density at radius 3 is 1.57 bits per heavy atom. The first-order valence-corrected chi connectivity index (χ1v) is 32.9. The summed E-state index contributed by atoms with van der Waals surface area (Å²) in [5, 5.41) is 61.3. The number of fused-ring (bicyclic) bond motifs is 9. The predicted octanol–water partition coefficient (Wildman–Crippen LogP) is 13.2. The van der Waals surface area contributed by atoms with Gasteiger partial charge < -0.3 is 30.7 Å². The van der Waals surface area contributed by atoms with E-state index in [1.54, 1.807) is 36.5 Å². The molecule has 0 aliphatic carbocycles. The summed E-state index contributed by atoms with van der Waals surface area (Å²) in [6, 6.07) is 21.4. The highest BCUT2D eigenvalue weighted by Gasteiger charge is 2.43. The number of aryl methyl sites for hydroxylation is 6. The van der Waals surface area contributed by atoms with Crippen LogP contribution >= 0.6 is 69.2 Å². The van der Waals surface area contributed by atoms with Gasteiger partial charge in [-0.3, -0.25) is 33.5 Å². The zero-order valence-corrected chi connectivity index (χ0v) is 57.5. The van der Waals surface area contributed by atoms with E-state index in [1.807, 2.05) is 121 Å². The molecule has 13 rings (SSSR count). The van der Waals surface area contributed by atoms with Gasteiger partial charge in [-0.15, -0.1) is 65.0 Å². The summed E-state index contributed by atoms with van der Waals surface area (Å²) in [6.07, 6.45) is 0.267. The number of hydrogen-bond donors (Lipinski definition) is 4. The normalized spacial score (nSPS) is 17.7. The second-order valence-corrected chi connectivity index (χ2v) is 27.5. The quantitative estimate of drug-likeness (QED) is 0.0405. The minimum Gasteiger partial charge on any atom is -0.481 e. The van der Waals surface area contributed by atoms with Crippen LogP contribution in [0, 0.1) is 66.7 Å². The minimum absolute atomic E-state index is 0.0566. The summed E-state index contributed by atoms with van der Waals surface area (Å²) in [5.74, 6) is 4.25. The lowest BCUT2D eigenvalue weighted by atomic mass is 9.90. The van der Waals surface area contributed by atoms with Gasteiger partial charge in [-0.2, -0.15) is 4.98 Å². The molecule has 2 unspecified atom stereocenters. The number of allylic oxidation sites excluding steroid dienone is 2. The van der Waals surface area contributed by atoms with Gasteiger partial charge in [-0.05, 0) is 141 Å². The molecule has 5 atom stereocenters. The second-order valence-electron chi connectivity index (χ2n) is 22.4. The van der Waals surface area contributed by atoms with Crippen molar-refractivity contribution in [2.45, 2.75) is 126 Å². The van der Waals surface area contributed by atoms with E-state index in [4.69, 9.17) is 75.4 Å². The molecule has 0 bridgehead atoms. The molecule has 482 valence electrons. The third kappa shape index (κ3) is 14.4. The Kier molecular flexibility index (Phi) is 20.7. The molecular formula is C64H66Cl3N17O6S3. The van der Waals surface area contributed by atoms with Crippen molar-refractivity contribution in [1.29, 1.82) is 5.41 Å². The van der Waals surface area contributed by atoms with Crippen LogP contribution in [0.4, 0.5) is 0 Å². The van der Waals surface area contributed by atoms with Crippen molar-refractivity contribution in [3.05, 3.63) is 194 Å². The smallest absolute Gasteiger partial charge is 0.337 e. The molecule has 9 aromatic rings. The highest BCUT2D eigenvalue weighted by Crippen LogP contribution is 2.53. The van der Waals surface area contributed by atoms with Crippen molar-refractivity contribution >= 4 is 110 Å². The number of thiophene rings is 2. The van der Waals surface area contributed by atoms with Crippen LogP contribution < -0.4 is 5.73 Å². The first-order valence-electron chi connectivity index (χ1n) is 29.3. The third-order valence-electron chi connectivity index (χ3n) is 15.7. The number of aliphatic hydroxyl groups excluding tert-OH is 1. The van der Waals surface area contributed by atoms with Crippen LogP contribution in [0.5, 0.6) is 0 Å². The van der Waals surface area contributed by atoms with Gasteiger partial charge in [0.25, 0.3) is 0 Å². The Balaban J connectivity index is 0.000000147. The number of thioether (sulfide) groups is 1. The van der Waals surface area contributed by atoms with Crippen LogP contribution in [0.1, 0.15) is 159 Å². The number of aliphatic hydroxyl groups is 1. The standard InChI is InChI=1S/C21H21ClN6O2S.C21H21ClN6OS.C19H17ClN4O2S.C3H7NO/c1-10-11(2)31-21-18(10)19(14-5-7-15(22)8-6-14)24-16(9-17(29)30-27-12(3)23)20-26-25-13(4)28(20)21;1-10-11(2)30-21-18(10)19(14-5-7-15(22)8-6-14)24-16(9-17-23-12(3)27-29-17)20-26-25-13(4)28(20)21;1-9-10(2)27-19-16(9)17(12-4-6-13(20)7-5-12)21-14(8-15(25)26)18-23-22-11(3)24(18)19;1-3(4)2-5/h5-8,16H,9H2,1-4H3,(H2,23,27);5-8,16,18,21H,9H2,1-4H3;4-7,14H,8H2,1-3H3,(H,25,26);4-5H,2H2,1H3/t16-;16-,18?,21?;14-;/m000./s1. The third-order valence-corrected chi connectivity index (χ3v) is 20.2. The SMILES string of the molecule is CC(=N)CO.CC(N)=NOC(=O)C[C@@H]1N=C(c2ccc(Cl)cc2)c2c(sc(C)c2C)-n2c(C)nnc21.CC1=C(C)C2C(c3ccc(Cl)cc3)=N[C@@H](Cc3nc(C)no3)c3nnc(C)n3C2S1.Cc1sc2c(c1C)C(c1ccc(Cl)cc1)=N[C@@H](CC(=O)O)c1nnc(C)n1-2. The fourth-order valence-corrected chi connectivity index (χ4v) is 15.2. The van der Waals surface area contributed by atoms with E-state index in [-0.39, 0.29) is 42.6 Å². The summed E-state index contributed by atoms with van der Waals surface area (Å²) >= 11 is 23.5. The lowest BCUT2D eigenvalue weighted by Gasteiger charge is -2.23. The fourth-order valence-electron chi connectivity index (χ4n) is 10.9. The zero-order valence-electron chi connectivity index (χ0n) is 52.8. The topological polar surface area (TPSA) is 314 Å². The summed E-state index contributed by atoms with van der Waals surface area (Å²) in [5.41, 5.74) is 16.8. The van der Waals surface area contributed by atoms with E-state index in [0.29, 0.717) is 50.6 Å². The van der Waals surface area contributed by atoms with Crippen LogP contribution in [0.2, 0.25) is 15.1 Å². The Hall–Kier alpha value is -8.37. The van der Waals surface area contributed by atoms with E-state index >= 15 is 0 Å². The first kappa shape index (κ1) is 67.5. The number of carbonyl (C=O) groups excluding carboxylic acids is 1. The van der Waals surface area contributed by atoms with Crippen LogP contribution in [-0.2, 0) is 20.8 Å². The number of nitrogens with one attached hydrogen (secondary N) is 1. The second kappa shape index (κ2) is 28.5. The molecule has 4 aliphatic heterocycles. The Labute approximate surface area is 563 Å². The molecule has 93 heavy (non-hydrogen) atoms. The summed E-state index contributed by atoms with van der Waals surface area (Å²) in [6.45, 7) is 23.2. The number of aliphatic imine (C=N–C) groups is 3. The first-order chi connectivity index (χ1) is 44.3. The number of oxime groups is 1. The number of nitrogens with zero attached hydrogens (tertiary/aromatic N) is 15. The number of aliphatic carboxylic acids is 1. The molecule has 0 amide bonds. The summed E-state index contributed by atoms with van der Waals surface area (Å²) < 4.78 is 11.5. The van der Waals surface area contributed by atoms with Crippen molar-refractivity contribution in [2.75, 3.05) is 6.61 Å². The molecule has 0 radical (unpaired) electrons. The molecule has 0 fully saturated rings. The van der Waals surface area contributed by atoms with Gasteiger partial charge in [-0.25, -0.2) is 4.79 Å². The van der Waals surface area contributed by atoms with Crippen molar-refractivity contribution in [3.63, 3.8) is 0 Å². The maximum atomic E-state index is 12.4. The Morgan fingerprint density at radius 2 is 1.12 bits per heavy atom. The number of benzene rings is 3. The number of rotatable bonds is 11. The number of carboxylic acid groups (broad SMARTS) is 1. The molecule has 0 spiro atoms. The largest absolute Gasteiger partial charge is 0.481 e. The minimum atomic E-state index is -0.926. The van der Waals surface area contributed by atoms with Crippen LogP contribution in [0.25, 0.3) is 10.0 Å². The number of halogens is 3. The number of aromatic nitrogens is 11. The fraction of sp³-hybridized carbons (Fsp3) is 0.328. The van der Waals surface area contributed by atoms with Crippen molar-refractivity contribution in [2.24, 2.45) is 31.8 Å². The molecule has 3 aromatic carbocycles. The van der Waals surface area contributed by atoms with Crippen molar-refractivity contribution in [1.82, 2.24) is 54.4 Å². The molecule has 23 nitrogen and oxygen atoms in total. The maximum Gasteiger partial charge on any atom is 0.337 e. The summed E-state index contributed by atoms with van der Waals surface area (Å²) in [4.78, 5) is 52.0. The average Bonchev–Trinajstić information content (AvgIpc) is 1.61.